The van der Waals surface area contributed by atoms with E-state index in [1.54, 1.807) is 12.3 Å². The topological polar surface area (TPSA) is 57.4 Å². The van der Waals surface area contributed by atoms with Crippen molar-refractivity contribution in [1.82, 2.24) is 4.98 Å². The molecule has 2 heterocycles. The van der Waals surface area contributed by atoms with Gasteiger partial charge in [-0.15, -0.1) is 0 Å². The monoisotopic (exact) mass is 288 g/mol. The molecule has 2 aromatic rings. The van der Waals surface area contributed by atoms with E-state index in [1.165, 1.54) is 12.1 Å². The lowest BCUT2D eigenvalue weighted by Gasteiger charge is -2.12. The van der Waals surface area contributed by atoms with E-state index in [1.807, 2.05) is 12.1 Å². The number of fused-ring (bicyclic) bond motifs is 1. The average Bonchev–Trinajstić information content (AvgIpc) is 2.89. The molecule has 1 unspecified atom stereocenters. The fourth-order valence-corrected chi connectivity index (χ4v) is 2.36. The largest absolute Gasteiger partial charge is 0.488 e. The number of hydrogen-bond donors (Lipinski definition) is 1. The van der Waals surface area contributed by atoms with Gasteiger partial charge in [0.2, 0.25) is 0 Å². The second-order valence-corrected chi connectivity index (χ2v) is 5.03. The molecule has 0 fully saturated rings. The number of hydrogen-bond acceptors (Lipinski definition) is 4. The van der Waals surface area contributed by atoms with Gasteiger partial charge in [-0.2, -0.15) is 0 Å². The number of benzene rings is 1. The summed E-state index contributed by atoms with van der Waals surface area (Å²) in [6.45, 7) is 0.992. The molecule has 1 aliphatic heterocycles. The zero-order valence-corrected chi connectivity index (χ0v) is 11.6. The highest BCUT2D eigenvalue weighted by Crippen LogP contribution is 2.29. The standard InChI is InChI=1S/C16H17FN2O2/c17-12-1-4-16-11(7-12)8-15(21-16)10-20-14-3-2-13(5-6-18)19-9-14/h1-4,7,9,15H,5-6,8,10,18H2. The number of nitrogens with two attached hydrogens (primary N) is 1. The second-order valence-electron chi connectivity index (χ2n) is 5.03. The molecule has 3 rings (SSSR count). The van der Waals surface area contributed by atoms with E-state index in [0.717, 1.165) is 23.4 Å². The van der Waals surface area contributed by atoms with Crippen molar-refractivity contribution >= 4 is 0 Å². The molecule has 5 heteroatoms. The molecule has 0 saturated heterocycles. The van der Waals surface area contributed by atoms with Gasteiger partial charge in [-0.3, -0.25) is 4.98 Å². The normalized spacial score (nSPS) is 16.4. The van der Waals surface area contributed by atoms with Crippen LogP contribution in [0, 0.1) is 5.82 Å². The van der Waals surface area contributed by atoms with Crippen LogP contribution in [0.15, 0.2) is 36.5 Å². The lowest BCUT2D eigenvalue weighted by molar-refractivity contribution is 0.148. The van der Waals surface area contributed by atoms with Gasteiger partial charge < -0.3 is 15.2 Å². The van der Waals surface area contributed by atoms with Gasteiger partial charge in [-0.1, -0.05) is 0 Å². The molecule has 0 saturated carbocycles. The van der Waals surface area contributed by atoms with Crippen molar-refractivity contribution in [2.24, 2.45) is 5.73 Å². The summed E-state index contributed by atoms with van der Waals surface area (Å²) in [5.74, 6) is 1.20. The maximum atomic E-state index is 13.1. The molecule has 0 radical (unpaired) electrons. The third-order valence-electron chi connectivity index (χ3n) is 3.40. The van der Waals surface area contributed by atoms with Crippen molar-refractivity contribution in [2.45, 2.75) is 18.9 Å². The first kappa shape index (κ1) is 13.8. The maximum Gasteiger partial charge on any atom is 0.137 e. The number of halogens is 1. The summed E-state index contributed by atoms with van der Waals surface area (Å²) in [5, 5.41) is 0. The van der Waals surface area contributed by atoms with Gasteiger partial charge in [0.1, 0.15) is 30.0 Å². The van der Waals surface area contributed by atoms with Gasteiger partial charge in [0.25, 0.3) is 0 Å². The number of aromatic nitrogens is 1. The second kappa shape index (κ2) is 6.10. The molecule has 1 aliphatic rings. The van der Waals surface area contributed by atoms with Crippen LogP contribution in [0.25, 0.3) is 0 Å². The zero-order valence-electron chi connectivity index (χ0n) is 11.6. The third kappa shape index (κ3) is 3.31. The van der Waals surface area contributed by atoms with Crippen molar-refractivity contribution in [3.05, 3.63) is 53.6 Å². The Bertz CT molecular complexity index is 616. The van der Waals surface area contributed by atoms with Crippen LogP contribution in [0.3, 0.4) is 0 Å². The van der Waals surface area contributed by atoms with Crippen molar-refractivity contribution in [1.29, 1.82) is 0 Å². The van der Waals surface area contributed by atoms with Crippen LogP contribution in [-0.4, -0.2) is 24.2 Å². The molecule has 0 amide bonds. The highest BCUT2D eigenvalue weighted by atomic mass is 19.1. The molecule has 21 heavy (non-hydrogen) atoms. The Kier molecular flexibility index (Phi) is 4.01. The maximum absolute atomic E-state index is 13.1. The predicted molar refractivity (Wildman–Crippen MR) is 77.0 cm³/mol. The Morgan fingerprint density at radius 3 is 3.00 bits per heavy atom. The number of ether oxygens (including phenoxy) is 2. The van der Waals surface area contributed by atoms with Crippen LogP contribution in [0.2, 0.25) is 0 Å². The predicted octanol–water partition coefficient (Wildman–Crippen LogP) is 2.10. The van der Waals surface area contributed by atoms with E-state index in [2.05, 4.69) is 4.98 Å². The molecule has 4 nitrogen and oxygen atoms in total. The van der Waals surface area contributed by atoms with Gasteiger partial charge in [-0.25, -0.2) is 4.39 Å². The summed E-state index contributed by atoms with van der Waals surface area (Å²) in [7, 11) is 0. The summed E-state index contributed by atoms with van der Waals surface area (Å²) in [6.07, 6.45) is 3.01. The van der Waals surface area contributed by atoms with E-state index in [4.69, 9.17) is 15.2 Å². The van der Waals surface area contributed by atoms with Crippen molar-refractivity contribution in [3.63, 3.8) is 0 Å². The minimum absolute atomic E-state index is 0.0921. The molecule has 110 valence electrons. The lowest BCUT2D eigenvalue weighted by atomic mass is 10.1. The molecule has 1 aromatic heterocycles. The molecule has 0 bridgehead atoms. The van der Waals surface area contributed by atoms with Crippen LogP contribution in [0.5, 0.6) is 11.5 Å². The van der Waals surface area contributed by atoms with Gasteiger partial charge in [0, 0.05) is 24.1 Å². The van der Waals surface area contributed by atoms with E-state index < -0.39 is 0 Å². The molecule has 0 aliphatic carbocycles. The number of pyridine rings is 1. The molecule has 1 atom stereocenters. The quantitative estimate of drug-likeness (QED) is 0.915. The zero-order chi connectivity index (χ0) is 14.7. The van der Waals surface area contributed by atoms with E-state index in [0.29, 0.717) is 25.3 Å². The summed E-state index contributed by atoms with van der Waals surface area (Å²) in [4.78, 5) is 4.27. The van der Waals surface area contributed by atoms with Crippen molar-refractivity contribution in [3.8, 4) is 11.5 Å². The van der Waals surface area contributed by atoms with E-state index in [-0.39, 0.29) is 11.9 Å². The summed E-state index contributed by atoms with van der Waals surface area (Å²) < 4.78 is 24.5. The third-order valence-corrected chi connectivity index (χ3v) is 3.40. The van der Waals surface area contributed by atoms with Crippen molar-refractivity contribution in [2.75, 3.05) is 13.2 Å². The van der Waals surface area contributed by atoms with Gasteiger partial charge in [0.15, 0.2) is 0 Å². The van der Waals surface area contributed by atoms with Gasteiger partial charge >= 0.3 is 0 Å². The molecule has 0 spiro atoms. The molecule has 2 N–H and O–H groups in total. The molecular weight excluding hydrogens is 271 g/mol. The van der Waals surface area contributed by atoms with Crippen LogP contribution in [0.1, 0.15) is 11.3 Å². The first-order valence-corrected chi connectivity index (χ1v) is 6.97. The Hall–Kier alpha value is -2.14. The van der Waals surface area contributed by atoms with Crippen LogP contribution in [-0.2, 0) is 12.8 Å². The summed E-state index contributed by atoms with van der Waals surface area (Å²) in [5.41, 5.74) is 7.32. The Labute approximate surface area is 122 Å². The SMILES string of the molecule is NCCc1ccc(OCC2Cc3cc(F)ccc3O2)cn1. The minimum atomic E-state index is -0.237. The fourth-order valence-electron chi connectivity index (χ4n) is 2.36. The van der Waals surface area contributed by atoms with E-state index >= 15 is 0 Å². The highest BCUT2D eigenvalue weighted by molar-refractivity contribution is 5.38. The Morgan fingerprint density at radius 1 is 1.33 bits per heavy atom. The minimum Gasteiger partial charge on any atom is -0.488 e. The smallest absolute Gasteiger partial charge is 0.137 e. The fraction of sp³-hybridized carbons (Fsp3) is 0.312. The molecule has 1 aromatic carbocycles. The Morgan fingerprint density at radius 2 is 2.24 bits per heavy atom. The van der Waals surface area contributed by atoms with Gasteiger partial charge in [-0.05, 0) is 36.9 Å². The van der Waals surface area contributed by atoms with Crippen LogP contribution >= 0.6 is 0 Å². The highest BCUT2D eigenvalue weighted by Gasteiger charge is 2.23. The van der Waals surface area contributed by atoms with E-state index in [9.17, 15) is 4.39 Å². The summed E-state index contributed by atoms with van der Waals surface area (Å²) >= 11 is 0. The number of rotatable bonds is 5. The number of nitrogens with zero attached hydrogens (tertiary/aromatic N) is 1. The Balaban J connectivity index is 1.55. The van der Waals surface area contributed by atoms with Crippen LogP contribution in [0.4, 0.5) is 4.39 Å². The first-order valence-electron chi connectivity index (χ1n) is 6.97. The molecular formula is C16H17FN2O2. The average molecular weight is 288 g/mol. The lowest BCUT2D eigenvalue weighted by Crippen LogP contribution is -2.22. The van der Waals surface area contributed by atoms with Crippen molar-refractivity contribution < 1.29 is 13.9 Å². The first-order chi connectivity index (χ1) is 10.2. The van der Waals surface area contributed by atoms with Crippen LogP contribution < -0.4 is 15.2 Å². The van der Waals surface area contributed by atoms with Gasteiger partial charge in [0.05, 0.1) is 6.20 Å². The summed E-state index contributed by atoms with van der Waals surface area (Å²) in [6, 6.07) is 8.36.